The summed E-state index contributed by atoms with van der Waals surface area (Å²) < 4.78 is 0. The zero-order valence-electron chi connectivity index (χ0n) is 14.7. The number of nitrogens with zero attached hydrogens (tertiary/aromatic N) is 2. The number of hydrogen-bond acceptors (Lipinski definition) is 4. The maximum Gasteiger partial charge on any atom is 0.234 e. The molecule has 2 heterocycles. The molecule has 0 aliphatic carbocycles. The van der Waals surface area contributed by atoms with Crippen LogP contribution >= 0.6 is 0 Å². The van der Waals surface area contributed by atoms with Crippen molar-refractivity contribution in [2.75, 3.05) is 25.0 Å². The third-order valence-corrected chi connectivity index (χ3v) is 4.56. The number of carbonyl (C=O) groups excluding carboxylic acids is 1. The summed E-state index contributed by atoms with van der Waals surface area (Å²) in [6.45, 7) is 5.01. The minimum absolute atomic E-state index is 0.0777. The van der Waals surface area contributed by atoms with Crippen LogP contribution in [0.3, 0.4) is 0 Å². The van der Waals surface area contributed by atoms with Crippen LogP contribution in [0.4, 0.5) is 5.69 Å². The Labute approximate surface area is 149 Å². The van der Waals surface area contributed by atoms with Crippen molar-refractivity contribution in [1.29, 1.82) is 0 Å². The SMILES string of the molecule is Cc1cccc(NC2CCN(CC(=O)NCc3cccnc3)CC2)c1. The summed E-state index contributed by atoms with van der Waals surface area (Å²) >= 11 is 0. The summed E-state index contributed by atoms with van der Waals surface area (Å²) in [4.78, 5) is 18.4. The average Bonchev–Trinajstić information content (AvgIpc) is 2.63. The number of rotatable bonds is 6. The third-order valence-electron chi connectivity index (χ3n) is 4.56. The van der Waals surface area contributed by atoms with Crippen LogP contribution in [-0.2, 0) is 11.3 Å². The Hall–Kier alpha value is -2.40. The standard InChI is InChI=1S/C20H26N4O/c1-16-4-2-6-19(12-16)23-18-7-10-24(11-8-18)15-20(25)22-14-17-5-3-9-21-13-17/h2-6,9,12-13,18,23H,7-8,10-11,14-15H2,1H3,(H,22,25). The fourth-order valence-corrected chi connectivity index (χ4v) is 3.17. The molecule has 0 radical (unpaired) electrons. The van der Waals surface area contributed by atoms with Crippen LogP contribution in [0.5, 0.6) is 0 Å². The van der Waals surface area contributed by atoms with E-state index in [1.807, 2.05) is 12.1 Å². The zero-order chi connectivity index (χ0) is 17.5. The molecular formula is C20H26N4O. The molecule has 1 amide bonds. The van der Waals surface area contributed by atoms with Crippen molar-refractivity contribution < 1.29 is 4.79 Å². The molecule has 0 unspecified atom stereocenters. The van der Waals surface area contributed by atoms with Crippen molar-refractivity contribution in [1.82, 2.24) is 15.2 Å². The van der Waals surface area contributed by atoms with Crippen LogP contribution in [0.2, 0.25) is 0 Å². The molecule has 25 heavy (non-hydrogen) atoms. The second kappa shape index (κ2) is 8.62. The van der Waals surface area contributed by atoms with E-state index in [4.69, 9.17) is 0 Å². The number of benzene rings is 1. The largest absolute Gasteiger partial charge is 0.382 e. The molecule has 1 aliphatic heterocycles. The van der Waals surface area contributed by atoms with Crippen molar-refractivity contribution in [2.24, 2.45) is 0 Å². The highest BCUT2D eigenvalue weighted by Crippen LogP contribution is 2.17. The molecule has 1 fully saturated rings. The monoisotopic (exact) mass is 338 g/mol. The lowest BCUT2D eigenvalue weighted by molar-refractivity contribution is -0.122. The predicted molar refractivity (Wildman–Crippen MR) is 100 cm³/mol. The number of hydrogen-bond donors (Lipinski definition) is 2. The summed E-state index contributed by atoms with van der Waals surface area (Å²) in [5.74, 6) is 0.0777. The van der Waals surface area contributed by atoms with Crippen molar-refractivity contribution >= 4 is 11.6 Å². The maximum atomic E-state index is 12.1. The van der Waals surface area contributed by atoms with Gasteiger partial charge in [0.25, 0.3) is 0 Å². The minimum atomic E-state index is 0.0777. The van der Waals surface area contributed by atoms with E-state index in [1.54, 1.807) is 12.4 Å². The van der Waals surface area contributed by atoms with Crippen LogP contribution in [0, 0.1) is 6.92 Å². The van der Waals surface area contributed by atoms with Gasteiger partial charge in [-0.2, -0.15) is 0 Å². The molecule has 0 bridgehead atoms. The fraction of sp³-hybridized carbons (Fsp3) is 0.400. The number of amides is 1. The van der Waals surface area contributed by atoms with Gasteiger partial charge >= 0.3 is 0 Å². The number of carbonyl (C=O) groups is 1. The quantitative estimate of drug-likeness (QED) is 0.850. The normalized spacial score (nSPS) is 15.7. The van der Waals surface area contributed by atoms with Gasteiger partial charge in [-0.1, -0.05) is 18.2 Å². The number of aromatic nitrogens is 1. The number of nitrogens with one attached hydrogen (secondary N) is 2. The molecule has 3 rings (SSSR count). The van der Waals surface area contributed by atoms with Crippen molar-refractivity contribution in [2.45, 2.75) is 32.4 Å². The highest BCUT2D eigenvalue weighted by atomic mass is 16.2. The van der Waals surface area contributed by atoms with Crippen molar-refractivity contribution in [3.8, 4) is 0 Å². The number of pyridine rings is 1. The lowest BCUT2D eigenvalue weighted by Gasteiger charge is -2.32. The second-order valence-corrected chi connectivity index (χ2v) is 6.70. The van der Waals surface area contributed by atoms with E-state index in [-0.39, 0.29) is 5.91 Å². The number of aryl methyl sites for hydroxylation is 1. The smallest absolute Gasteiger partial charge is 0.234 e. The maximum absolute atomic E-state index is 12.1. The zero-order valence-corrected chi connectivity index (χ0v) is 14.7. The van der Waals surface area contributed by atoms with Gasteiger partial charge in [-0.25, -0.2) is 0 Å². The number of likely N-dealkylation sites (tertiary alicyclic amines) is 1. The second-order valence-electron chi connectivity index (χ2n) is 6.70. The van der Waals surface area contributed by atoms with Crippen LogP contribution in [0.1, 0.15) is 24.0 Å². The Morgan fingerprint density at radius 2 is 2.08 bits per heavy atom. The predicted octanol–water partition coefficient (Wildman–Crippen LogP) is 2.58. The molecule has 1 aromatic heterocycles. The van der Waals surface area contributed by atoms with Crippen LogP contribution in [-0.4, -0.2) is 41.5 Å². The molecule has 0 saturated carbocycles. The molecule has 1 aromatic carbocycles. The minimum Gasteiger partial charge on any atom is -0.382 e. The molecule has 5 nitrogen and oxygen atoms in total. The van der Waals surface area contributed by atoms with E-state index in [0.717, 1.165) is 31.5 Å². The molecule has 1 aliphatic rings. The Morgan fingerprint density at radius 1 is 1.24 bits per heavy atom. The Morgan fingerprint density at radius 3 is 2.80 bits per heavy atom. The molecule has 1 saturated heterocycles. The molecule has 2 aromatic rings. The summed E-state index contributed by atoms with van der Waals surface area (Å²) in [5, 5.41) is 6.58. The average molecular weight is 338 g/mol. The van der Waals surface area contributed by atoms with Gasteiger partial charge in [-0.05, 0) is 49.1 Å². The van der Waals surface area contributed by atoms with Crippen LogP contribution < -0.4 is 10.6 Å². The van der Waals surface area contributed by atoms with E-state index in [2.05, 4.69) is 51.7 Å². The first-order valence-electron chi connectivity index (χ1n) is 8.90. The van der Waals surface area contributed by atoms with Crippen LogP contribution in [0.15, 0.2) is 48.8 Å². The van der Waals surface area contributed by atoms with Gasteiger partial charge in [0.05, 0.1) is 6.54 Å². The number of piperidine rings is 1. The lowest BCUT2D eigenvalue weighted by Crippen LogP contribution is -2.44. The molecule has 5 heteroatoms. The lowest BCUT2D eigenvalue weighted by atomic mass is 10.0. The molecule has 132 valence electrons. The van der Waals surface area contributed by atoms with E-state index in [9.17, 15) is 4.79 Å². The summed E-state index contributed by atoms with van der Waals surface area (Å²) in [7, 11) is 0. The van der Waals surface area contributed by atoms with Gasteiger partial charge < -0.3 is 10.6 Å². The highest BCUT2D eigenvalue weighted by Gasteiger charge is 2.20. The Kier molecular flexibility index (Phi) is 6.01. The summed E-state index contributed by atoms with van der Waals surface area (Å²) in [6, 6.07) is 12.8. The van der Waals surface area contributed by atoms with E-state index >= 15 is 0 Å². The summed E-state index contributed by atoms with van der Waals surface area (Å²) in [5.41, 5.74) is 3.48. The van der Waals surface area contributed by atoms with Crippen LogP contribution in [0.25, 0.3) is 0 Å². The topological polar surface area (TPSA) is 57.3 Å². The third kappa shape index (κ3) is 5.57. The van der Waals surface area contributed by atoms with Gasteiger partial charge in [0, 0.05) is 43.8 Å². The first-order valence-corrected chi connectivity index (χ1v) is 8.90. The molecule has 0 spiro atoms. The molecular weight excluding hydrogens is 312 g/mol. The highest BCUT2D eigenvalue weighted by molar-refractivity contribution is 5.78. The molecule has 0 atom stereocenters. The number of anilines is 1. The summed E-state index contributed by atoms with van der Waals surface area (Å²) in [6.07, 6.45) is 5.64. The Balaban J connectivity index is 1.38. The van der Waals surface area contributed by atoms with Gasteiger partial charge in [0.1, 0.15) is 0 Å². The van der Waals surface area contributed by atoms with Gasteiger partial charge in [0.15, 0.2) is 0 Å². The van der Waals surface area contributed by atoms with E-state index in [1.165, 1.54) is 11.3 Å². The Bertz CT molecular complexity index is 681. The fourth-order valence-electron chi connectivity index (χ4n) is 3.17. The first-order chi connectivity index (χ1) is 12.2. The van der Waals surface area contributed by atoms with Gasteiger partial charge in [-0.3, -0.25) is 14.7 Å². The van der Waals surface area contributed by atoms with Gasteiger partial charge in [0.2, 0.25) is 5.91 Å². The van der Waals surface area contributed by atoms with Crippen molar-refractivity contribution in [3.63, 3.8) is 0 Å². The van der Waals surface area contributed by atoms with E-state index in [0.29, 0.717) is 19.1 Å². The van der Waals surface area contributed by atoms with Crippen molar-refractivity contribution in [3.05, 3.63) is 59.9 Å². The first kappa shape index (κ1) is 17.4. The molecule has 2 N–H and O–H groups in total. The van der Waals surface area contributed by atoms with Gasteiger partial charge in [-0.15, -0.1) is 0 Å². The van der Waals surface area contributed by atoms with E-state index < -0.39 is 0 Å².